The summed E-state index contributed by atoms with van der Waals surface area (Å²) in [6, 6.07) is 5.15. The molecular formula is C22H29N3O5S. The fourth-order valence-electron chi connectivity index (χ4n) is 4.87. The summed E-state index contributed by atoms with van der Waals surface area (Å²) in [4.78, 5) is 4.98. The van der Waals surface area contributed by atoms with Crippen LogP contribution in [-0.2, 0) is 14.8 Å². The molecule has 168 valence electrons. The van der Waals surface area contributed by atoms with Crippen molar-refractivity contribution in [1.29, 1.82) is 0 Å². The summed E-state index contributed by atoms with van der Waals surface area (Å²) in [6.45, 7) is 5.55. The van der Waals surface area contributed by atoms with Gasteiger partial charge in [0.1, 0.15) is 19.0 Å². The zero-order valence-corrected chi connectivity index (χ0v) is 18.6. The van der Waals surface area contributed by atoms with E-state index in [1.807, 2.05) is 6.20 Å². The first kappa shape index (κ1) is 20.8. The van der Waals surface area contributed by atoms with Crippen LogP contribution < -0.4 is 9.47 Å². The van der Waals surface area contributed by atoms with E-state index in [4.69, 9.17) is 19.2 Å². The molecule has 0 atom stereocenters. The lowest BCUT2D eigenvalue weighted by Gasteiger charge is -2.34. The number of aromatic nitrogens is 2. The van der Waals surface area contributed by atoms with Gasteiger partial charge in [-0.05, 0) is 44.7 Å². The van der Waals surface area contributed by atoms with E-state index in [1.165, 1.54) is 0 Å². The third-order valence-electron chi connectivity index (χ3n) is 6.54. The summed E-state index contributed by atoms with van der Waals surface area (Å²) in [6.07, 6.45) is 5.49. The number of ether oxygens (including phenoxy) is 3. The SMILES string of the molecule is Cc1cnc(C2CCOCC2)n1C1CCN(S(=O)(=O)c2ccc3c(c2)OCCO3)CC1. The normalized spacial score (nSPS) is 21.3. The standard InChI is InChI=1S/C22H29N3O5S/c1-16-15-23-22(17-6-10-28-11-7-17)25(16)18-4-8-24(9-5-18)31(26,27)19-2-3-20-21(14-19)30-13-12-29-20/h2-3,14-15,17-18H,4-13H2,1H3. The Balaban J connectivity index is 1.31. The van der Waals surface area contributed by atoms with Crippen molar-refractivity contribution in [2.45, 2.75) is 49.5 Å². The maximum atomic E-state index is 13.2. The van der Waals surface area contributed by atoms with Crippen molar-refractivity contribution >= 4 is 10.0 Å². The van der Waals surface area contributed by atoms with E-state index in [2.05, 4.69) is 11.5 Å². The quantitative estimate of drug-likeness (QED) is 0.717. The van der Waals surface area contributed by atoms with Crippen LogP contribution in [0.1, 0.15) is 49.2 Å². The van der Waals surface area contributed by atoms with Crippen LogP contribution in [-0.4, -0.2) is 61.8 Å². The molecule has 1 aromatic carbocycles. The van der Waals surface area contributed by atoms with E-state index in [0.29, 0.717) is 43.7 Å². The van der Waals surface area contributed by atoms with Gasteiger partial charge in [-0.1, -0.05) is 0 Å². The van der Waals surface area contributed by atoms with Gasteiger partial charge in [-0.25, -0.2) is 13.4 Å². The van der Waals surface area contributed by atoms with E-state index < -0.39 is 10.0 Å². The summed E-state index contributed by atoms with van der Waals surface area (Å²) >= 11 is 0. The second-order valence-corrected chi connectivity index (χ2v) is 10.4. The zero-order chi connectivity index (χ0) is 21.4. The number of nitrogens with zero attached hydrogens (tertiary/aromatic N) is 3. The van der Waals surface area contributed by atoms with Crippen LogP contribution in [0.4, 0.5) is 0 Å². The van der Waals surface area contributed by atoms with Crippen LogP contribution in [0.15, 0.2) is 29.3 Å². The van der Waals surface area contributed by atoms with E-state index in [1.54, 1.807) is 22.5 Å². The van der Waals surface area contributed by atoms with Gasteiger partial charge in [-0.3, -0.25) is 0 Å². The number of aryl methyl sites for hydroxylation is 1. The Hall–Kier alpha value is -2.10. The molecule has 1 aromatic heterocycles. The van der Waals surface area contributed by atoms with Crippen molar-refractivity contribution in [1.82, 2.24) is 13.9 Å². The molecule has 0 unspecified atom stereocenters. The highest BCUT2D eigenvalue weighted by atomic mass is 32.2. The van der Waals surface area contributed by atoms with Crippen molar-refractivity contribution in [2.24, 2.45) is 0 Å². The van der Waals surface area contributed by atoms with Crippen molar-refractivity contribution in [3.8, 4) is 11.5 Å². The number of piperidine rings is 1. The average Bonchev–Trinajstić information content (AvgIpc) is 3.20. The Labute approximate surface area is 183 Å². The van der Waals surface area contributed by atoms with Crippen LogP contribution in [0.5, 0.6) is 11.5 Å². The van der Waals surface area contributed by atoms with Gasteiger partial charge in [0.25, 0.3) is 0 Å². The van der Waals surface area contributed by atoms with E-state index in [0.717, 1.165) is 50.4 Å². The number of fused-ring (bicyclic) bond motifs is 1. The number of imidazole rings is 1. The molecule has 2 fully saturated rings. The van der Waals surface area contributed by atoms with Gasteiger partial charge in [0, 0.05) is 56.2 Å². The van der Waals surface area contributed by atoms with Crippen molar-refractivity contribution in [3.63, 3.8) is 0 Å². The molecule has 0 saturated carbocycles. The number of hydrogen-bond acceptors (Lipinski definition) is 6. The fraction of sp³-hybridized carbons (Fsp3) is 0.591. The number of benzene rings is 1. The van der Waals surface area contributed by atoms with Crippen LogP contribution in [0.3, 0.4) is 0 Å². The van der Waals surface area contributed by atoms with E-state index in [-0.39, 0.29) is 10.9 Å². The average molecular weight is 448 g/mol. The van der Waals surface area contributed by atoms with Gasteiger partial charge in [-0.15, -0.1) is 0 Å². The Morgan fingerprint density at radius 2 is 1.68 bits per heavy atom. The Bertz CT molecular complexity index is 1040. The highest BCUT2D eigenvalue weighted by Crippen LogP contribution is 2.36. The van der Waals surface area contributed by atoms with Gasteiger partial charge in [-0.2, -0.15) is 4.31 Å². The number of hydrogen-bond donors (Lipinski definition) is 0. The highest BCUT2D eigenvalue weighted by molar-refractivity contribution is 7.89. The van der Waals surface area contributed by atoms with Gasteiger partial charge < -0.3 is 18.8 Å². The van der Waals surface area contributed by atoms with Crippen LogP contribution in [0.2, 0.25) is 0 Å². The first-order valence-corrected chi connectivity index (χ1v) is 12.5. The molecule has 2 aromatic rings. The Kier molecular flexibility index (Phi) is 5.66. The van der Waals surface area contributed by atoms with Gasteiger partial charge in [0.2, 0.25) is 10.0 Å². The zero-order valence-electron chi connectivity index (χ0n) is 17.8. The van der Waals surface area contributed by atoms with E-state index in [9.17, 15) is 8.42 Å². The molecule has 0 bridgehead atoms. The third-order valence-corrected chi connectivity index (χ3v) is 8.43. The minimum Gasteiger partial charge on any atom is -0.486 e. The Morgan fingerprint density at radius 3 is 2.42 bits per heavy atom. The van der Waals surface area contributed by atoms with Gasteiger partial charge in [0.15, 0.2) is 11.5 Å². The molecule has 5 rings (SSSR count). The largest absolute Gasteiger partial charge is 0.486 e. The summed E-state index contributed by atoms with van der Waals surface area (Å²) in [5.41, 5.74) is 1.15. The van der Waals surface area contributed by atoms with Gasteiger partial charge in [0.05, 0.1) is 4.90 Å². The number of rotatable bonds is 4. The molecule has 0 radical (unpaired) electrons. The smallest absolute Gasteiger partial charge is 0.243 e. The second kappa shape index (κ2) is 8.44. The minimum atomic E-state index is -3.57. The lowest BCUT2D eigenvalue weighted by molar-refractivity contribution is 0.0820. The first-order chi connectivity index (χ1) is 15.0. The van der Waals surface area contributed by atoms with Crippen molar-refractivity contribution in [2.75, 3.05) is 39.5 Å². The third kappa shape index (κ3) is 3.94. The predicted octanol–water partition coefficient (Wildman–Crippen LogP) is 2.88. The summed E-state index contributed by atoms with van der Waals surface area (Å²) in [5.74, 6) is 2.65. The van der Waals surface area contributed by atoms with E-state index >= 15 is 0 Å². The highest BCUT2D eigenvalue weighted by Gasteiger charge is 2.33. The topological polar surface area (TPSA) is 82.9 Å². The molecule has 4 heterocycles. The maximum absolute atomic E-state index is 13.2. The summed E-state index contributed by atoms with van der Waals surface area (Å²) < 4.78 is 47.0. The monoisotopic (exact) mass is 447 g/mol. The van der Waals surface area contributed by atoms with Crippen LogP contribution >= 0.6 is 0 Å². The molecule has 0 amide bonds. The molecule has 9 heteroatoms. The summed E-state index contributed by atoms with van der Waals surface area (Å²) in [7, 11) is -3.57. The second-order valence-electron chi connectivity index (χ2n) is 8.46. The lowest BCUT2D eigenvalue weighted by atomic mass is 9.98. The minimum absolute atomic E-state index is 0.261. The molecular weight excluding hydrogens is 418 g/mol. The lowest BCUT2D eigenvalue weighted by Crippen LogP contribution is -2.39. The van der Waals surface area contributed by atoms with Crippen molar-refractivity contribution < 1.29 is 22.6 Å². The predicted molar refractivity (Wildman–Crippen MR) is 114 cm³/mol. The molecule has 3 aliphatic rings. The van der Waals surface area contributed by atoms with Crippen molar-refractivity contribution in [3.05, 3.63) is 35.9 Å². The molecule has 0 aliphatic carbocycles. The van der Waals surface area contributed by atoms with Crippen LogP contribution in [0, 0.1) is 6.92 Å². The van der Waals surface area contributed by atoms with Crippen LogP contribution in [0.25, 0.3) is 0 Å². The molecule has 0 N–H and O–H groups in total. The number of sulfonamides is 1. The summed E-state index contributed by atoms with van der Waals surface area (Å²) in [5, 5.41) is 0. The first-order valence-electron chi connectivity index (χ1n) is 11.1. The maximum Gasteiger partial charge on any atom is 0.243 e. The molecule has 2 saturated heterocycles. The molecule has 31 heavy (non-hydrogen) atoms. The molecule has 0 spiro atoms. The molecule has 3 aliphatic heterocycles. The molecule has 8 nitrogen and oxygen atoms in total. The van der Waals surface area contributed by atoms with Gasteiger partial charge >= 0.3 is 0 Å². The Morgan fingerprint density at radius 1 is 0.968 bits per heavy atom. The fourth-order valence-corrected chi connectivity index (χ4v) is 6.36.